The summed E-state index contributed by atoms with van der Waals surface area (Å²) in [6.45, 7) is 1.91. The summed E-state index contributed by atoms with van der Waals surface area (Å²) >= 11 is 0. The highest BCUT2D eigenvalue weighted by atomic mass is 32.2. The molecular weight excluding hydrogens is 592 g/mol. The number of benzene rings is 1. The average molecular weight is 631 g/mol. The largest absolute Gasteiger partial charge is 0.416 e. The van der Waals surface area contributed by atoms with E-state index in [0.717, 1.165) is 18.6 Å². The van der Waals surface area contributed by atoms with Crippen molar-refractivity contribution >= 4 is 33.4 Å². The molecule has 3 fully saturated rings. The van der Waals surface area contributed by atoms with Crippen LogP contribution in [0.5, 0.6) is 0 Å². The van der Waals surface area contributed by atoms with Crippen LogP contribution in [0.2, 0.25) is 0 Å². The van der Waals surface area contributed by atoms with Gasteiger partial charge in [0.2, 0.25) is 27.7 Å². The van der Waals surface area contributed by atoms with E-state index in [0.29, 0.717) is 57.4 Å². The number of nitrogens with two attached hydrogens (primary N) is 1. The number of allylic oxidation sites excluding steroid dienone is 2. The van der Waals surface area contributed by atoms with Gasteiger partial charge < -0.3 is 16.0 Å². The number of hydrogen-bond acceptors (Lipinski definition) is 6. The van der Waals surface area contributed by atoms with E-state index >= 15 is 0 Å². The number of amides is 3. The van der Waals surface area contributed by atoms with Gasteiger partial charge >= 0.3 is 6.18 Å². The molecule has 1 saturated heterocycles. The van der Waals surface area contributed by atoms with Crippen LogP contribution in [0.3, 0.4) is 0 Å². The Hall–Kier alpha value is -3.16. The van der Waals surface area contributed by atoms with E-state index in [1.165, 1.54) is 4.90 Å². The number of carbonyl (C=O) groups excluding carboxylic acids is 3. The molecule has 1 heterocycles. The van der Waals surface area contributed by atoms with Crippen molar-refractivity contribution in [1.29, 1.82) is 0 Å². The van der Waals surface area contributed by atoms with Crippen LogP contribution < -0.4 is 15.8 Å². The third-order valence-electron chi connectivity index (χ3n) is 8.49. The highest BCUT2D eigenvalue weighted by molar-refractivity contribution is 7.91. The molecule has 3 aliphatic rings. The number of unbranched alkanes of at least 4 members (excludes halogenated alkanes) is 3. The van der Waals surface area contributed by atoms with Crippen molar-refractivity contribution in [2.45, 2.75) is 94.1 Å². The van der Waals surface area contributed by atoms with Gasteiger partial charge in [0.1, 0.15) is 17.9 Å². The van der Waals surface area contributed by atoms with Crippen LogP contribution in [-0.2, 0) is 30.6 Å². The Labute approximate surface area is 248 Å². The highest BCUT2D eigenvalue weighted by Gasteiger charge is 2.52. The fraction of sp³-hybridized carbons (Fsp3) is 0.621. The first-order valence-corrected chi connectivity index (χ1v) is 16.1. The molecule has 1 aromatic rings. The molecule has 0 bridgehead atoms. The summed E-state index contributed by atoms with van der Waals surface area (Å²) in [5, 5.41) is 2.76. The summed E-state index contributed by atoms with van der Waals surface area (Å²) in [5.74, 6) is -3.07. The van der Waals surface area contributed by atoms with Crippen molar-refractivity contribution in [3.63, 3.8) is 0 Å². The predicted octanol–water partition coefficient (Wildman–Crippen LogP) is 4.24. The molecule has 0 aromatic heterocycles. The minimum absolute atomic E-state index is 0.0140. The van der Waals surface area contributed by atoms with Gasteiger partial charge in [0.15, 0.2) is 0 Å². The number of halogens is 4. The lowest BCUT2D eigenvalue weighted by Gasteiger charge is -2.28. The van der Waals surface area contributed by atoms with Gasteiger partial charge in [0.05, 0.1) is 10.3 Å². The molecule has 14 heteroatoms. The second kappa shape index (κ2) is 12.8. The Morgan fingerprint density at radius 3 is 2.53 bits per heavy atom. The van der Waals surface area contributed by atoms with Crippen LogP contribution in [0.1, 0.15) is 76.7 Å². The van der Waals surface area contributed by atoms with Crippen molar-refractivity contribution in [2.24, 2.45) is 17.6 Å². The molecule has 0 radical (unpaired) electrons. The monoisotopic (exact) mass is 630 g/mol. The summed E-state index contributed by atoms with van der Waals surface area (Å²) < 4.78 is 79.6. The van der Waals surface area contributed by atoms with Crippen molar-refractivity contribution in [3.05, 3.63) is 41.7 Å². The van der Waals surface area contributed by atoms with Gasteiger partial charge in [-0.05, 0) is 82.4 Å². The minimum atomic E-state index is -4.77. The van der Waals surface area contributed by atoms with E-state index in [4.69, 9.17) is 5.73 Å². The quantitative estimate of drug-likeness (QED) is 0.160. The summed E-state index contributed by atoms with van der Waals surface area (Å²) in [6.07, 6.45) is 4.57. The number of carbonyl (C=O) groups is 3. The molecule has 2 saturated carbocycles. The van der Waals surface area contributed by atoms with Gasteiger partial charge in [-0.15, -0.1) is 0 Å². The first-order valence-electron chi connectivity index (χ1n) is 14.6. The zero-order valence-corrected chi connectivity index (χ0v) is 24.8. The molecule has 4 rings (SSSR count). The number of rotatable bonds is 14. The van der Waals surface area contributed by atoms with Gasteiger partial charge in [-0.1, -0.05) is 25.0 Å². The van der Waals surface area contributed by atoms with E-state index in [2.05, 4.69) is 10.0 Å². The molecule has 4 atom stereocenters. The van der Waals surface area contributed by atoms with E-state index in [1.807, 2.05) is 12.2 Å². The maximum Gasteiger partial charge on any atom is 0.416 e. The van der Waals surface area contributed by atoms with Crippen molar-refractivity contribution in [2.75, 3.05) is 11.9 Å². The Kier molecular flexibility index (Phi) is 9.77. The molecule has 4 N–H and O–H groups in total. The lowest BCUT2D eigenvalue weighted by Crippen LogP contribution is -2.49. The molecule has 9 nitrogen and oxygen atoms in total. The number of primary amides is 1. The van der Waals surface area contributed by atoms with Crippen LogP contribution in [0, 0.1) is 17.7 Å². The van der Waals surface area contributed by atoms with Crippen LogP contribution in [0.15, 0.2) is 30.4 Å². The van der Waals surface area contributed by atoms with Gasteiger partial charge in [-0.3, -0.25) is 19.1 Å². The number of sulfonamides is 1. The van der Waals surface area contributed by atoms with Crippen molar-refractivity contribution < 1.29 is 40.4 Å². The second-order valence-electron chi connectivity index (χ2n) is 12.0. The summed E-state index contributed by atoms with van der Waals surface area (Å²) in [7, 11) is -3.65. The number of nitrogens with zero attached hydrogens (tertiary/aromatic N) is 1. The van der Waals surface area contributed by atoms with Crippen molar-refractivity contribution in [3.8, 4) is 0 Å². The molecule has 0 spiro atoms. The smallest absolute Gasteiger partial charge is 0.374 e. The SMILES string of the molecule is CC1(S(=O)(=O)NC(=O)C2CC2/C=C\CCCCC[C@H](Nc2cc(F)cc(C(F)(F)F)c2)C(=O)N2CCCC2C(N)=O)CC1. The molecular formula is C29H38F4N4O5S. The molecule has 43 heavy (non-hydrogen) atoms. The number of alkyl halides is 3. The van der Waals surface area contributed by atoms with E-state index in [9.17, 15) is 40.4 Å². The third-order valence-corrected chi connectivity index (χ3v) is 10.7. The lowest BCUT2D eigenvalue weighted by molar-refractivity contribution is -0.138. The fourth-order valence-corrected chi connectivity index (χ4v) is 6.69. The molecule has 238 valence electrons. The Bertz CT molecular complexity index is 1360. The predicted molar refractivity (Wildman–Crippen MR) is 151 cm³/mol. The van der Waals surface area contributed by atoms with Gasteiger partial charge in [-0.2, -0.15) is 13.2 Å². The van der Waals surface area contributed by atoms with E-state index in [-0.39, 0.29) is 30.5 Å². The Morgan fingerprint density at radius 1 is 1.16 bits per heavy atom. The third kappa shape index (κ3) is 8.27. The molecule has 3 amide bonds. The standard InChI is InChI=1S/C29H38F4N4O5S/c1-28(11-12-28)43(41,42)36-26(39)22-14-18(22)8-5-3-2-4-6-9-23(27(40)37-13-7-10-24(37)25(34)38)35-21-16-19(29(31,32)33)15-20(30)17-21/h5,8,15-18,22-24,35H,2-4,6-7,9-14H2,1H3,(H2,34,38)(H,36,39)/b8-5-/t18?,22?,23-,24?/m0/s1. The van der Waals surface area contributed by atoms with Gasteiger partial charge in [-0.25, -0.2) is 12.8 Å². The second-order valence-corrected chi connectivity index (χ2v) is 14.2. The molecule has 2 aliphatic carbocycles. The fourth-order valence-electron chi connectivity index (χ4n) is 5.38. The van der Waals surface area contributed by atoms with Crippen molar-refractivity contribution in [1.82, 2.24) is 9.62 Å². The zero-order chi connectivity index (χ0) is 31.6. The Balaban J connectivity index is 1.28. The van der Waals surface area contributed by atoms with E-state index in [1.54, 1.807) is 6.92 Å². The number of nitrogens with one attached hydrogen (secondary N) is 2. The molecule has 1 aromatic carbocycles. The zero-order valence-electron chi connectivity index (χ0n) is 24.0. The van der Waals surface area contributed by atoms with Crippen LogP contribution in [0.25, 0.3) is 0 Å². The van der Waals surface area contributed by atoms with Gasteiger partial charge in [0.25, 0.3) is 0 Å². The maximum atomic E-state index is 14.0. The summed E-state index contributed by atoms with van der Waals surface area (Å²) in [4.78, 5) is 38.9. The maximum absolute atomic E-state index is 14.0. The minimum Gasteiger partial charge on any atom is -0.374 e. The summed E-state index contributed by atoms with van der Waals surface area (Å²) in [5.41, 5.74) is 4.08. The number of anilines is 1. The topological polar surface area (TPSA) is 139 Å². The van der Waals surface area contributed by atoms with E-state index < -0.39 is 62.1 Å². The molecule has 3 unspecified atom stereocenters. The molecule has 1 aliphatic heterocycles. The lowest BCUT2D eigenvalue weighted by atomic mass is 10.0. The number of likely N-dealkylation sites (tertiary alicyclic amines) is 1. The number of hydrogen-bond donors (Lipinski definition) is 3. The van der Waals surface area contributed by atoms with Crippen LogP contribution in [-0.4, -0.2) is 54.4 Å². The Morgan fingerprint density at radius 2 is 1.88 bits per heavy atom. The normalized spacial score (nSPS) is 23.7. The first kappa shape index (κ1) is 32.7. The van der Waals surface area contributed by atoms with Crippen LogP contribution in [0.4, 0.5) is 23.2 Å². The highest BCUT2D eigenvalue weighted by Crippen LogP contribution is 2.44. The summed E-state index contributed by atoms with van der Waals surface area (Å²) in [6, 6.07) is 0.231. The average Bonchev–Trinajstić information content (AvgIpc) is 3.81. The van der Waals surface area contributed by atoms with Crippen LogP contribution >= 0.6 is 0 Å². The van der Waals surface area contributed by atoms with Gasteiger partial charge in [0, 0.05) is 18.2 Å². The first-order chi connectivity index (χ1) is 20.1.